The van der Waals surface area contributed by atoms with E-state index in [-0.39, 0.29) is 11.6 Å². The number of ether oxygens (including phenoxy) is 2. The van der Waals surface area contributed by atoms with Crippen LogP contribution in [0, 0.1) is 0 Å². The van der Waals surface area contributed by atoms with E-state index in [4.69, 9.17) is 9.47 Å². The lowest BCUT2D eigenvalue weighted by Crippen LogP contribution is -2.54. The summed E-state index contributed by atoms with van der Waals surface area (Å²) in [5.41, 5.74) is 0.869. The third kappa shape index (κ3) is 2.97. The molecule has 0 saturated carbocycles. The van der Waals surface area contributed by atoms with Crippen LogP contribution in [0.15, 0.2) is 30.3 Å². The Bertz CT molecular complexity index is 381. The summed E-state index contributed by atoms with van der Waals surface area (Å²) >= 11 is 0. The normalized spacial score (nSPS) is 20.2. The summed E-state index contributed by atoms with van der Waals surface area (Å²) in [6, 6.07) is 10.3. The monoisotopic (exact) mass is 235 g/mol. The number of carbonyl (C=O) groups excluding carboxylic acids is 1. The number of hydrogen-bond donors (Lipinski definition) is 1. The van der Waals surface area contributed by atoms with E-state index in [0.29, 0.717) is 13.2 Å². The zero-order valence-corrected chi connectivity index (χ0v) is 10.1. The average Bonchev–Trinajstić information content (AvgIpc) is 2.34. The van der Waals surface area contributed by atoms with Gasteiger partial charge >= 0.3 is 6.16 Å². The van der Waals surface area contributed by atoms with Gasteiger partial charge in [0, 0.05) is 6.04 Å². The van der Waals surface area contributed by atoms with Crippen LogP contribution in [-0.4, -0.2) is 24.9 Å². The number of nitrogens with one attached hydrogen (secondary N) is 1. The zero-order valence-electron chi connectivity index (χ0n) is 10.1. The predicted molar refractivity (Wildman–Crippen MR) is 63.7 cm³/mol. The molecule has 4 heteroatoms. The number of hydrogen-bond acceptors (Lipinski definition) is 4. The lowest BCUT2D eigenvalue weighted by Gasteiger charge is -2.35. The molecule has 1 saturated heterocycles. The fraction of sp³-hybridized carbons (Fsp3) is 0.462. The van der Waals surface area contributed by atoms with E-state index in [9.17, 15) is 4.79 Å². The molecule has 1 atom stereocenters. The Hall–Kier alpha value is -1.55. The summed E-state index contributed by atoms with van der Waals surface area (Å²) < 4.78 is 9.81. The Labute approximate surface area is 101 Å². The minimum absolute atomic E-state index is 0.182. The van der Waals surface area contributed by atoms with Crippen molar-refractivity contribution in [3.63, 3.8) is 0 Å². The van der Waals surface area contributed by atoms with Crippen molar-refractivity contribution < 1.29 is 14.3 Å². The second-order valence-electron chi connectivity index (χ2n) is 4.66. The van der Waals surface area contributed by atoms with Gasteiger partial charge in [-0.05, 0) is 19.4 Å². The van der Waals surface area contributed by atoms with Gasteiger partial charge in [0.1, 0.15) is 13.2 Å². The molecule has 1 aliphatic heterocycles. The molecule has 1 aliphatic rings. The van der Waals surface area contributed by atoms with Crippen LogP contribution in [0.4, 0.5) is 4.79 Å². The van der Waals surface area contributed by atoms with Crippen LogP contribution in [0.3, 0.4) is 0 Å². The van der Waals surface area contributed by atoms with Crippen molar-refractivity contribution in [2.45, 2.75) is 25.4 Å². The molecule has 0 unspecified atom stereocenters. The lowest BCUT2D eigenvalue weighted by atomic mass is 10.00. The fourth-order valence-corrected chi connectivity index (χ4v) is 1.95. The van der Waals surface area contributed by atoms with E-state index in [1.807, 2.05) is 25.1 Å². The first kappa shape index (κ1) is 11.9. The van der Waals surface area contributed by atoms with E-state index >= 15 is 0 Å². The van der Waals surface area contributed by atoms with Crippen molar-refractivity contribution in [1.82, 2.24) is 5.32 Å². The molecular weight excluding hydrogens is 218 g/mol. The van der Waals surface area contributed by atoms with Crippen LogP contribution in [0.5, 0.6) is 0 Å². The molecule has 0 aliphatic carbocycles. The molecule has 4 nitrogen and oxygen atoms in total. The fourth-order valence-electron chi connectivity index (χ4n) is 1.95. The van der Waals surface area contributed by atoms with Crippen LogP contribution >= 0.6 is 0 Å². The molecule has 1 heterocycles. The van der Waals surface area contributed by atoms with Crippen molar-refractivity contribution >= 4 is 6.16 Å². The van der Waals surface area contributed by atoms with Gasteiger partial charge < -0.3 is 9.47 Å². The first-order valence-electron chi connectivity index (χ1n) is 5.71. The Morgan fingerprint density at radius 1 is 1.24 bits per heavy atom. The SMILES string of the molecule is C[C@H](NC1(C)COC(=O)OC1)c1ccccc1. The molecule has 0 spiro atoms. The topological polar surface area (TPSA) is 47.6 Å². The molecule has 17 heavy (non-hydrogen) atoms. The maximum atomic E-state index is 10.8. The Morgan fingerprint density at radius 3 is 2.41 bits per heavy atom. The summed E-state index contributed by atoms with van der Waals surface area (Å²) in [5.74, 6) is 0. The Balaban J connectivity index is 1.99. The van der Waals surface area contributed by atoms with Gasteiger partial charge in [-0.3, -0.25) is 5.32 Å². The van der Waals surface area contributed by atoms with Gasteiger partial charge in [-0.2, -0.15) is 0 Å². The van der Waals surface area contributed by atoms with Crippen molar-refractivity contribution in [1.29, 1.82) is 0 Å². The highest BCUT2D eigenvalue weighted by Gasteiger charge is 2.34. The quantitative estimate of drug-likeness (QED) is 0.816. The minimum atomic E-state index is -0.586. The van der Waals surface area contributed by atoms with Crippen molar-refractivity contribution in [3.05, 3.63) is 35.9 Å². The molecule has 0 amide bonds. The molecule has 2 rings (SSSR count). The van der Waals surface area contributed by atoms with Crippen molar-refractivity contribution in [2.24, 2.45) is 0 Å². The van der Waals surface area contributed by atoms with Gasteiger partial charge in [-0.25, -0.2) is 4.79 Å². The Morgan fingerprint density at radius 2 is 1.82 bits per heavy atom. The largest absolute Gasteiger partial charge is 0.508 e. The first-order chi connectivity index (χ1) is 8.09. The van der Waals surface area contributed by atoms with Gasteiger partial charge in [0.2, 0.25) is 0 Å². The molecule has 1 aromatic carbocycles. The van der Waals surface area contributed by atoms with E-state index in [2.05, 4.69) is 24.4 Å². The average molecular weight is 235 g/mol. The van der Waals surface area contributed by atoms with Gasteiger partial charge in [-0.15, -0.1) is 0 Å². The molecule has 1 aromatic rings. The summed E-state index contributed by atoms with van der Waals surface area (Å²) in [7, 11) is 0. The molecular formula is C13H17NO3. The predicted octanol–water partition coefficient (Wildman–Crippen LogP) is 2.26. The van der Waals surface area contributed by atoms with Crippen LogP contribution in [0.1, 0.15) is 25.5 Å². The molecule has 0 radical (unpaired) electrons. The minimum Gasteiger partial charge on any atom is -0.432 e. The first-order valence-corrected chi connectivity index (χ1v) is 5.71. The molecule has 0 bridgehead atoms. The van der Waals surface area contributed by atoms with E-state index < -0.39 is 6.16 Å². The number of cyclic esters (lactones) is 2. The lowest BCUT2D eigenvalue weighted by molar-refractivity contribution is -0.0335. The summed E-state index contributed by atoms with van der Waals surface area (Å²) in [4.78, 5) is 10.8. The maximum absolute atomic E-state index is 10.8. The number of benzene rings is 1. The van der Waals surface area contributed by atoms with Crippen molar-refractivity contribution in [3.8, 4) is 0 Å². The van der Waals surface area contributed by atoms with Gasteiger partial charge in [0.15, 0.2) is 0 Å². The Kier molecular flexibility index (Phi) is 3.33. The second kappa shape index (κ2) is 4.75. The van der Waals surface area contributed by atoms with Crippen LogP contribution in [-0.2, 0) is 9.47 Å². The van der Waals surface area contributed by atoms with Crippen LogP contribution in [0.2, 0.25) is 0 Å². The van der Waals surface area contributed by atoms with E-state index in [0.717, 1.165) is 0 Å². The summed E-state index contributed by atoms with van der Waals surface area (Å²) in [5, 5.41) is 3.43. The third-order valence-corrected chi connectivity index (χ3v) is 2.88. The number of rotatable bonds is 3. The maximum Gasteiger partial charge on any atom is 0.508 e. The van der Waals surface area contributed by atoms with E-state index in [1.54, 1.807) is 0 Å². The molecule has 1 N–H and O–H groups in total. The van der Waals surface area contributed by atoms with Crippen LogP contribution in [0.25, 0.3) is 0 Å². The van der Waals surface area contributed by atoms with Gasteiger partial charge in [0.25, 0.3) is 0 Å². The van der Waals surface area contributed by atoms with Crippen LogP contribution < -0.4 is 5.32 Å². The molecule has 1 fully saturated rings. The second-order valence-corrected chi connectivity index (χ2v) is 4.66. The smallest absolute Gasteiger partial charge is 0.432 e. The van der Waals surface area contributed by atoms with Gasteiger partial charge in [-0.1, -0.05) is 30.3 Å². The van der Waals surface area contributed by atoms with E-state index in [1.165, 1.54) is 5.56 Å². The third-order valence-electron chi connectivity index (χ3n) is 2.88. The molecule has 0 aromatic heterocycles. The zero-order chi connectivity index (χ0) is 12.3. The highest BCUT2D eigenvalue weighted by atomic mass is 16.7. The summed E-state index contributed by atoms with van der Waals surface area (Å²) in [6.45, 7) is 4.74. The summed E-state index contributed by atoms with van der Waals surface area (Å²) in [6.07, 6.45) is -0.586. The standard InChI is InChI=1S/C13H17NO3/c1-10(11-6-4-3-5-7-11)14-13(2)8-16-12(15)17-9-13/h3-7,10,14H,8-9H2,1-2H3/t10-/m0/s1. The molecule has 92 valence electrons. The highest BCUT2D eigenvalue weighted by molar-refractivity contribution is 5.60. The highest BCUT2D eigenvalue weighted by Crippen LogP contribution is 2.19. The van der Waals surface area contributed by atoms with Crippen molar-refractivity contribution in [2.75, 3.05) is 13.2 Å². The number of carbonyl (C=O) groups is 1. The van der Waals surface area contributed by atoms with Gasteiger partial charge in [0.05, 0.1) is 5.54 Å².